The Hall–Kier alpha value is -1.84. The molecule has 2 rings (SSSR count). The molecule has 2 aromatic rings. The number of benzene rings is 1. The van der Waals surface area contributed by atoms with E-state index in [9.17, 15) is 9.18 Å². The molecule has 0 bridgehead atoms. The highest BCUT2D eigenvalue weighted by Crippen LogP contribution is 2.33. The maximum Gasteiger partial charge on any atom is 0.336 e. The van der Waals surface area contributed by atoms with Crippen molar-refractivity contribution in [3.8, 4) is 0 Å². The van der Waals surface area contributed by atoms with Crippen LogP contribution in [0.3, 0.4) is 0 Å². The molecule has 0 saturated heterocycles. The van der Waals surface area contributed by atoms with Gasteiger partial charge in [0.05, 0.1) is 5.56 Å². The quantitative estimate of drug-likeness (QED) is 0.818. The second-order valence-electron chi connectivity index (χ2n) is 4.21. The number of aromatic nitrogens is 1. The fraction of sp³-hybridized carbons (Fsp3) is 0.250. The molecule has 2 N–H and O–H groups in total. The topological polar surface area (TPSA) is 53.1 Å². The lowest BCUT2D eigenvalue weighted by molar-refractivity contribution is 0.0699. The molecule has 4 heteroatoms. The molecule has 0 spiro atoms. The van der Waals surface area contributed by atoms with E-state index in [2.05, 4.69) is 4.98 Å². The van der Waals surface area contributed by atoms with E-state index < -0.39 is 11.6 Å². The van der Waals surface area contributed by atoms with Gasteiger partial charge < -0.3 is 10.1 Å². The molecule has 0 amide bonds. The fourth-order valence-corrected chi connectivity index (χ4v) is 1.83. The summed E-state index contributed by atoms with van der Waals surface area (Å²) in [7, 11) is 0. The average Bonchev–Trinajstić information content (AvgIpc) is 2.59. The summed E-state index contributed by atoms with van der Waals surface area (Å²) in [4.78, 5) is 13.9. The molecule has 0 aliphatic carbocycles. The van der Waals surface area contributed by atoms with E-state index in [0.717, 1.165) is 0 Å². The Labute approximate surface area is 91.9 Å². The van der Waals surface area contributed by atoms with Crippen molar-refractivity contribution in [2.24, 2.45) is 0 Å². The van der Waals surface area contributed by atoms with Crippen LogP contribution in [0.15, 0.2) is 24.4 Å². The second kappa shape index (κ2) is 3.33. The summed E-state index contributed by atoms with van der Waals surface area (Å²) in [6.45, 7) is 2.82. The first kappa shape index (κ1) is 10.7. The first-order valence-corrected chi connectivity index (χ1v) is 4.94. The number of carboxylic acid groups (broad SMARTS) is 1. The van der Waals surface area contributed by atoms with Gasteiger partial charge in [0.25, 0.3) is 0 Å². The number of H-pyrrole nitrogens is 1. The Bertz CT molecular complexity index is 552. The molecule has 0 unspecified atom stereocenters. The van der Waals surface area contributed by atoms with Crippen LogP contribution in [0.2, 0.25) is 0 Å². The zero-order valence-electron chi connectivity index (χ0n) is 9.04. The number of hydrogen-bond donors (Lipinski definition) is 2. The summed E-state index contributed by atoms with van der Waals surface area (Å²) in [5.41, 5.74) is -0.426. The third-order valence-corrected chi connectivity index (χ3v) is 2.58. The number of carboxylic acids is 1. The molecule has 1 heterocycles. The van der Waals surface area contributed by atoms with Crippen molar-refractivity contribution in [2.45, 2.75) is 19.5 Å². The van der Waals surface area contributed by atoms with Crippen molar-refractivity contribution >= 4 is 16.9 Å². The van der Waals surface area contributed by atoms with Crippen LogP contribution >= 0.6 is 0 Å². The molecule has 3 nitrogen and oxygen atoms in total. The van der Waals surface area contributed by atoms with Gasteiger partial charge in [-0.05, 0) is 26.0 Å². The normalized spacial score (nSPS) is 11.9. The van der Waals surface area contributed by atoms with Crippen LogP contribution in [0.5, 0.6) is 0 Å². The number of rotatable bonds is 2. The predicted molar refractivity (Wildman–Crippen MR) is 59.4 cm³/mol. The molecule has 1 aromatic heterocycles. The monoisotopic (exact) mass is 221 g/mol. The van der Waals surface area contributed by atoms with E-state index in [-0.39, 0.29) is 5.56 Å². The van der Waals surface area contributed by atoms with Gasteiger partial charge in [-0.25, -0.2) is 9.18 Å². The van der Waals surface area contributed by atoms with E-state index >= 15 is 0 Å². The smallest absolute Gasteiger partial charge is 0.336 e. The summed E-state index contributed by atoms with van der Waals surface area (Å²) >= 11 is 0. The number of fused-ring (bicyclic) bond motifs is 1. The summed E-state index contributed by atoms with van der Waals surface area (Å²) in [6, 6.07) is 4.85. The lowest BCUT2D eigenvalue weighted by Crippen LogP contribution is -2.09. The number of aromatic amines is 1. The van der Waals surface area contributed by atoms with Gasteiger partial charge in [0.15, 0.2) is 0 Å². The zero-order chi connectivity index (χ0) is 11.9. The Balaban J connectivity index is 2.83. The molecule has 0 atom stereocenters. The summed E-state index contributed by atoms with van der Waals surface area (Å²) in [5.74, 6) is -1.05. The first-order valence-electron chi connectivity index (χ1n) is 4.94. The molecular formula is C12H12FNO2. The van der Waals surface area contributed by atoms with Crippen molar-refractivity contribution in [3.05, 3.63) is 35.5 Å². The maximum atomic E-state index is 13.9. The van der Waals surface area contributed by atoms with Crippen LogP contribution in [-0.2, 0) is 5.67 Å². The van der Waals surface area contributed by atoms with Gasteiger partial charge in [-0.3, -0.25) is 0 Å². The van der Waals surface area contributed by atoms with Crippen LogP contribution in [0.4, 0.5) is 4.39 Å². The highest BCUT2D eigenvalue weighted by Gasteiger charge is 2.25. The van der Waals surface area contributed by atoms with Gasteiger partial charge in [-0.2, -0.15) is 0 Å². The van der Waals surface area contributed by atoms with E-state index in [4.69, 9.17) is 5.11 Å². The van der Waals surface area contributed by atoms with Crippen LogP contribution in [0, 0.1) is 0 Å². The van der Waals surface area contributed by atoms with Gasteiger partial charge in [0, 0.05) is 22.7 Å². The molecule has 84 valence electrons. The number of nitrogens with one attached hydrogen (secondary N) is 1. The van der Waals surface area contributed by atoms with Crippen LogP contribution in [-0.4, -0.2) is 16.1 Å². The van der Waals surface area contributed by atoms with Gasteiger partial charge in [-0.15, -0.1) is 0 Å². The lowest BCUT2D eigenvalue weighted by Gasteiger charge is -2.13. The molecule has 1 aromatic carbocycles. The SMILES string of the molecule is CC(C)(F)c1c[nH]c2cccc(C(=O)O)c12. The molecule has 0 fully saturated rings. The van der Waals surface area contributed by atoms with Crippen molar-refractivity contribution < 1.29 is 14.3 Å². The first-order chi connectivity index (χ1) is 7.41. The third-order valence-electron chi connectivity index (χ3n) is 2.58. The van der Waals surface area contributed by atoms with Crippen molar-refractivity contribution in [1.29, 1.82) is 0 Å². The highest BCUT2D eigenvalue weighted by atomic mass is 19.1. The van der Waals surface area contributed by atoms with E-state index in [1.165, 1.54) is 26.1 Å². The largest absolute Gasteiger partial charge is 0.478 e. The predicted octanol–water partition coefficient (Wildman–Crippen LogP) is 3.07. The van der Waals surface area contributed by atoms with Crippen LogP contribution in [0.25, 0.3) is 10.9 Å². The van der Waals surface area contributed by atoms with Crippen LogP contribution < -0.4 is 0 Å². The molecule has 0 aliphatic heterocycles. The van der Waals surface area contributed by atoms with E-state index in [1.807, 2.05) is 0 Å². The minimum atomic E-state index is -1.57. The van der Waals surface area contributed by atoms with Crippen molar-refractivity contribution in [2.75, 3.05) is 0 Å². The number of carbonyl (C=O) groups is 1. The number of hydrogen-bond acceptors (Lipinski definition) is 1. The minimum absolute atomic E-state index is 0.125. The molecule has 0 saturated carbocycles. The zero-order valence-corrected chi connectivity index (χ0v) is 9.04. The van der Waals surface area contributed by atoms with Crippen molar-refractivity contribution in [3.63, 3.8) is 0 Å². The van der Waals surface area contributed by atoms with E-state index in [1.54, 1.807) is 12.1 Å². The molecule has 0 radical (unpaired) electrons. The molecule has 0 aliphatic rings. The second-order valence-corrected chi connectivity index (χ2v) is 4.21. The van der Waals surface area contributed by atoms with Gasteiger partial charge >= 0.3 is 5.97 Å². The van der Waals surface area contributed by atoms with E-state index in [0.29, 0.717) is 16.5 Å². The number of aromatic carboxylic acids is 1. The Morgan fingerprint density at radius 2 is 2.12 bits per heavy atom. The summed E-state index contributed by atoms with van der Waals surface area (Å²) < 4.78 is 13.9. The highest BCUT2D eigenvalue weighted by molar-refractivity contribution is 6.04. The standard InChI is InChI=1S/C12H12FNO2/c1-12(2,13)8-6-14-9-5-3-4-7(10(8)9)11(15)16/h3-6,14H,1-2H3,(H,15,16). The van der Waals surface area contributed by atoms with Crippen molar-refractivity contribution in [1.82, 2.24) is 4.98 Å². The fourth-order valence-electron chi connectivity index (χ4n) is 1.83. The molecular weight excluding hydrogens is 209 g/mol. The van der Waals surface area contributed by atoms with Gasteiger partial charge in [-0.1, -0.05) is 6.07 Å². The van der Waals surface area contributed by atoms with Crippen LogP contribution in [0.1, 0.15) is 29.8 Å². The minimum Gasteiger partial charge on any atom is -0.478 e. The lowest BCUT2D eigenvalue weighted by atomic mass is 9.96. The summed E-state index contributed by atoms with van der Waals surface area (Å²) in [6.07, 6.45) is 1.52. The number of halogens is 1. The average molecular weight is 221 g/mol. The third kappa shape index (κ3) is 1.56. The summed E-state index contributed by atoms with van der Waals surface area (Å²) in [5, 5.41) is 9.50. The van der Waals surface area contributed by atoms with Gasteiger partial charge in [0.2, 0.25) is 0 Å². The molecule has 16 heavy (non-hydrogen) atoms. The van der Waals surface area contributed by atoms with Gasteiger partial charge in [0.1, 0.15) is 5.67 Å². The Morgan fingerprint density at radius 3 is 2.69 bits per heavy atom. The number of alkyl halides is 1. The Kier molecular flexibility index (Phi) is 2.22. The maximum absolute atomic E-state index is 13.9. The Morgan fingerprint density at radius 1 is 1.44 bits per heavy atom.